The summed E-state index contributed by atoms with van der Waals surface area (Å²) in [4.78, 5) is 0. The largest absolute Gasteiger partial charge is 0.388 e. The summed E-state index contributed by atoms with van der Waals surface area (Å²) in [7, 11) is 0. The number of aliphatic hydroxyl groups excluding tert-OH is 1. The number of hydrogen-bond donors (Lipinski definition) is 1. The van der Waals surface area contributed by atoms with Crippen LogP contribution in [0.15, 0.2) is 30.9 Å². The number of hydrogen-bond acceptors (Lipinski definition) is 1. The maximum Gasteiger partial charge on any atom is 0.0792 e. The van der Waals surface area contributed by atoms with Gasteiger partial charge in [0.1, 0.15) is 0 Å². The van der Waals surface area contributed by atoms with Crippen molar-refractivity contribution in [2.24, 2.45) is 0 Å². The van der Waals surface area contributed by atoms with Crippen LogP contribution >= 0.6 is 11.6 Å². The number of allylic oxidation sites excluding steroid dienone is 1. The van der Waals surface area contributed by atoms with E-state index in [4.69, 9.17) is 11.6 Å². The fourth-order valence-corrected chi connectivity index (χ4v) is 2.20. The lowest BCUT2D eigenvalue weighted by Crippen LogP contribution is -2.00. The van der Waals surface area contributed by atoms with Gasteiger partial charge >= 0.3 is 0 Å². The van der Waals surface area contributed by atoms with Gasteiger partial charge in [0.2, 0.25) is 0 Å². The highest BCUT2D eigenvalue weighted by Gasteiger charge is 2.09. The first kappa shape index (κ1) is 14.3. The molecule has 0 aliphatic heterocycles. The van der Waals surface area contributed by atoms with Crippen LogP contribution in [0.2, 0.25) is 5.02 Å². The Bertz CT molecular complexity index is 360. The molecule has 1 N–H and O–H groups in total. The predicted octanol–water partition coefficient (Wildman–Crippen LogP) is 4.82. The standard InChI is InChI=1S/C15H21ClO/c1-3-4-5-6-7-8-15(17)14-10-9-13(16)11-12(14)2/h3,9-11,15,17H,1,4-8H2,2H3. The van der Waals surface area contributed by atoms with Gasteiger partial charge in [-0.25, -0.2) is 0 Å². The van der Waals surface area contributed by atoms with Crippen LogP contribution in [0.25, 0.3) is 0 Å². The molecule has 94 valence electrons. The second kappa shape index (κ2) is 7.52. The number of unbranched alkanes of at least 4 members (excludes halogenated alkanes) is 3. The van der Waals surface area contributed by atoms with Crippen molar-refractivity contribution >= 4 is 11.6 Å². The van der Waals surface area contributed by atoms with E-state index in [1.165, 1.54) is 0 Å². The molecule has 0 amide bonds. The molecule has 0 aromatic heterocycles. The molecule has 0 saturated carbocycles. The zero-order valence-corrected chi connectivity index (χ0v) is 11.2. The Morgan fingerprint density at radius 1 is 1.35 bits per heavy atom. The van der Waals surface area contributed by atoms with Crippen LogP contribution in [0.1, 0.15) is 49.3 Å². The molecule has 2 heteroatoms. The van der Waals surface area contributed by atoms with Crippen LogP contribution < -0.4 is 0 Å². The second-order valence-corrected chi connectivity index (χ2v) is 4.88. The number of aryl methyl sites for hydroxylation is 1. The van der Waals surface area contributed by atoms with E-state index in [0.29, 0.717) is 0 Å². The predicted molar refractivity (Wildman–Crippen MR) is 74.4 cm³/mol. The summed E-state index contributed by atoms with van der Waals surface area (Å²) in [5.74, 6) is 0. The number of benzene rings is 1. The molecule has 0 fully saturated rings. The number of halogens is 1. The van der Waals surface area contributed by atoms with Gasteiger partial charge in [0.15, 0.2) is 0 Å². The van der Waals surface area contributed by atoms with Crippen molar-refractivity contribution < 1.29 is 5.11 Å². The fourth-order valence-electron chi connectivity index (χ4n) is 1.97. The maximum absolute atomic E-state index is 10.1. The molecule has 1 atom stereocenters. The molecule has 17 heavy (non-hydrogen) atoms. The molecule has 0 aliphatic rings. The second-order valence-electron chi connectivity index (χ2n) is 4.44. The Hall–Kier alpha value is -0.790. The molecule has 1 aromatic carbocycles. The van der Waals surface area contributed by atoms with Crippen molar-refractivity contribution in [1.29, 1.82) is 0 Å². The smallest absolute Gasteiger partial charge is 0.0792 e. The highest BCUT2D eigenvalue weighted by Crippen LogP contribution is 2.25. The van der Waals surface area contributed by atoms with Gasteiger partial charge in [-0.05, 0) is 49.4 Å². The lowest BCUT2D eigenvalue weighted by Gasteiger charge is -2.13. The third-order valence-electron chi connectivity index (χ3n) is 2.98. The average molecular weight is 253 g/mol. The molecule has 0 aliphatic carbocycles. The van der Waals surface area contributed by atoms with Crippen LogP contribution in [0, 0.1) is 6.92 Å². The van der Waals surface area contributed by atoms with E-state index in [1.807, 2.05) is 31.2 Å². The molecule has 1 aromatic rings. The molecular formula is C15H21ClO. The van der Waals surface area contributed by atoms with Crippen molar-refractivity contribution in [2.45, 2.75) is 45.1 Å². The average Bonchev–Trinajstić information content (AvgIpc) is 2.28. The van der Waals surface area contributed by atoms with Crippen LogP contribution in [0.5, 0.6) is 0 Å². The molecule has 0 spiro atoms. The zero-order valence-electron chi connectivity index (χ0n) is 10.5. The quantitative estimate of drug-likeness (QED) is 0.545. The van der Waals surface area contributed by atoms with Gasteiger partial charge in [-0.3, -0.25) is 0 Å². The summed E-state index contributed by atoms with van der Waals surface area (Å²) in [6.45, 7) is 5.69. The Morgan fingerprint density at radius 3 is 2.76 bits per heavy atom. The van der Waals surface area contributed by atoms with Crippen molar-refractivity contribution in [3.63, 3.8) is 0 Å². The topological polar surface area (TPSA) is 20.2 Å². The molecule has 0 saturated heterocycles. The first-order valence-electron chi connectivity index (χ1n) is 6.20. The minimum absolute atomic E-state index is 0.365. The van der Waals surface area contributed by atoms with E-state index in [0.717, 1.165) is 48.3 Å². The summed E-state index contributed by atoms with van der Waals surface area (Å²) in [6, 6.07) is 5.66. The Morgan fingerprint density at radius 2 is 2.12 bits per heavy atom. The third-order valence-corrected chi connectivity index (χ3v) is 3.21. The van der Waals surface area contributed by atoms with E-state index in [9.17, 15) is 5.11 Å². The van der Waals surface area contributed by atoms with E-state index >= 15 is 0 Å². The molecular weight excluding hydrogens is 232 g/mol. The Kier molecular flexibility index (Phi) is 6.31. The van der Waals surface area contributed by atoms with Crippen molar-refractivity contribution in [3.8, 4) is 0 Å². The maximum atomic E-state index is 10.1. The molecule has 1 unspecified atom stereocenters. The van der Waals surface area contributed by atoms with E-state index in [1.54, 1.807) is 0 Å². The van der Waals surface area contributed by atoms with E-state index < -0.39 is 0 Å². The van der Waals surface area contributed by atoms with Crippen LogP contribution in [0.4, 0.5) is 0 Å². The molecule has 0 heterocycles. The van der Waals surface area contributed by atoms with Crippen molar-refractivity contribution in [1.82, 2.24) is 0 Å². The highest BCUT2D eigenvalue weighted by molar-refractivity contribution is 6.30. The summed E-state index contributed by atoms with van der Waals surface area (Å²) in [6.07, 6.45) is 6.83. The number of aliphatic hydroxyl groups is 1. The van der Waals surface area contributed by atoms with Crippen LogP contribution in [-0.4, -0.2) is 5.11 Å². The van der Waals surface area contributed by atoms with E-state index in [2.05, 4.69) is 6.58 Å². The van der Waals surface area contributed by atoms with Gasteiger partial charge in [-0.15, -0.1) is 6.58 Å². The van der Waals surface area contributed by atoms with Gasteiger partial charge in [-0.2, -0.15) is 0 Å². The first-order valence-corrected chi connectivity index (χ1v) is 6.58. The van der Waals surface area contributed by atoms with Gasteiger partial charge in [0.05, 0.1) is 6.10 Å². The Labute approximate surface area is 109 Å². The van der Waals surface area contributed by atoms with Gasteiger partial charge in [-0.1, -0.05) is 36.6 Å². The summed E-state index contributed by atoms with van der Waals surface area (Å²) in [5, 5.41) is 10.8. The molecule has 1 rings (SSSR count). The summed E-state index contributed by atoms with van der Waals surface area (Å²) < 4.78 is 0. The summed E-state index contributed by atoms with van der Waals surface area (Å²) in [5.41, 5.74) is 2.06. The van der Waals surface area contributed by atoms with Gasteiger partial charge < -0.3 is 5.11 Å². The minimum Gasteiger partial charge on any atom is -0.388 e. The van der Waals surface area contributed by atoms with E-state index in [-0.39, 0.29) is 6.10 Å². The fraction of sp³-hybridized carbons (Fsp3) is 0.467. The summed E-state index contributed by atoms with van der Waals surface area (Å²) >= 11 is 5.89. The minimum atomic E-state index is -0.365. The zero-order chi connectivity index (χ0) is 12.7. The Balaban J connectivity index is 2.41. The number of rotatable bonds is 7. The van der Waals surface area contributed by atoms with Crippen molar-refractivity contribution in [3.05, 3.63) is 47.0 Å². The SMILES string of the molecule is C=CCCCCCC(O)c1ccc(Cl)cc1C. The normalized spacial score (nSPS) is 12.4. The molecule has 1 nitrogen and oxygen atoms in total. The molecule has 0 bridgehead atoms. The monoisotopic (exact) mass is 252 g/mol. The third kappa shape index (κ3) is 4.93. The van der Waals surface area contributed by atoms with Gasteiger partial charge in [0, 0.05) is 5.02 Å². The lowest BCUT2D eigenvalue weighted by molar-refractivity contribution is 0.163. The van der Waals surface area contributed by atoms with Crippen LogP contribution in [-0.2, 0) is 0 Å². The highest BCUT2D eigenvalue weighted by atomic mass is 35.5. The first-order chi connectivity index (χ1) is 8.15. The van der Waals surface area contributed by atoms with Crippen molar-refractivity contribution in [2.75, 3.05) is 0 Å². The lowest BCUT2D eigenvalue weighted by atomic mass is 9.99. The molecule has 0 radical (unpaired) electrons. The van der Waals surface area contributed by atoms with Crippen LogP contribution in [0.3, 0.4) is 0 Å². The van der Waals surface area contributed by atoms with Gasteiger partial charge in [0.25, 0.3) is 0 Å².